The number of rotatable bonds is 6. The molecule has 0 aromatic rings. The minimum absolute atomic E-state index is 0.138. The van der Waals surface area contributed by atoms with Crippen LogP contribution in [0.3, 0.4) is 0 Å². The molecule has 0 bridgehead atoms. The molecule has 0 aromatic heterocycles. The molecule has 68 valence electrons. The van der Waals surface area contributed by atoms with Gasteiger partial charge < -0.3 is 14.9 Å². The van der Waals surface area contributed by atoms with Crippen molar-refractivity contribution in [1.82, 2.24) is 0 Å². The Morgan fingerprint density at radius 1 is 1.36 bits per heavy atom. The van der Waals surface area contributed by atoms with Crippen molar-refractivity contribution in [2.75, 3.05) is 13.2 Å². The summed E-state index contributed by atoms with van der Waals surface area (Å²) < 4.78 is 5.17. The highest BCUT2D eigenvalue weighted by Gasteiger charge is 2.04. The highest BCUT2D eigenvalue weighted by atomic mass is 16.5. The summed E-state index contributed by atoms with van der Waals surface area (Å²) in [7, 11) is 0. The normalized spacial score (nSPS) is 13.9. The Bertz CT molecular complexity index is 83.4. The van der Waals surface area contributed by atoms with Crippen LogP contribution in [0, 0.1) is 0 Å². The predicted molar refractivity (Wildman–Crippen MR) is 43.4 cm³/mol. The smallest absolute Gasteiger partial charge is 0.0774 e. The molecule has 0 heterocycles. The van der Waals surface area contributed by atoms with Crippen LogP contribution in [0.25, 0.3) is 0 Å². The molecule has 0 unspecified atom stereocenters. The lowest BCUT2D eigenvalue weighted by Crippen LogP contribution is -2.18. The molecule has 3 nitrogen and oxygen atoms in total. The minimum atomic E-state index is -0.426. The van der Waals surface area contributed by atoms with Crippen LogP contribution >= 0.6 is 0 Å². The Morgan fingerprint density at radius 3 is 2.45 bits per heavy atom. The molecule has 2 N–H and O–H groups in total. The lowest BCUT2D eigenvalue weighted by molar-refractivity contribution is 0.000517. The van der Waals surface area contributed by atoms with Crippen LogP contribution in [0.4, 0.5) is 0 Å². The van der Waals surface area contributed by atoms with E-state index < -0.39 is 6.10 Å². The summed E-state index contributed by atoms with van der Waals surface area (Å²) in [6, 6.07) is 0. The molecule has 0 aromatic carbocycles. The van der Waals surface area contributed by atoms with Gasteiger partial charge in [0.25, 0.3) is 0 Å². The Labute approximate surface area is 68.0 Å². The zero-order valence-corrected chi connectivity index (χ0v) is 7.29. The maximum atomic E-state index is 9.19. The first kappa shape index (κ1) is 10.9. The lowest BCUT2D eigenvalue weighted by atomic mass is 10.2. The van der Waals surface area contributed by atoms with Gasteiger partial charge in [0, 0.05) is 6.61 Å². The first-order chi connectivity index (χ1) is 5.16. The molecule has 3 heteroatoms. The number of ether oxygens (including phenoxy) is 1. The second-order valence-electron chi connectivity index (χ2n) is 2.90. The molecule has 0 rings (SSSR count). The zero-order valence-electron chi connectivity index (χ0n) is 7.29. The SMILES string of the molecule is CC(C)OC[C@@H](O)CCCO. The van der Waals surface area contributed by atoms with Crippen LogP contribution in [0.2, 0.25) is 0 Å². The van der Waals surface area contributed by atoms with Crippen molar-refractivity contribution in [3.8, 4) is 0 Å². The maximum Gasteiger partial charge on any atom is 0.0774 e. The van der Waals surface area contributed by atoms with Crippen molar-refractivity contribution in [2.24, 2.45) is 0 Å². The third-order valence-corrected chi connectivity index (χ3v) is 1.32. The Balaban J connectivity index is 3.15. The van der Waals surface area contributed by atoms with Gasteiger partial charge in [-0.25, -0.2) is 0 Å². The molecule has 0 saturated carbocycles. The number of hydrogen-bond donors (Lipinski definition) is 2. The lowest BCUT2D eigenvalue weighted by Gasteiger charge is -2.12. The summed E-state index contributed by atoms with van der Waals surface area (Å²) in [5.74, 6) is 0. The van der Waals surface area contributed by atoms with E-state index in [1.165, 1.54) is 0 Å². The van der Waals surface area contributed by atoms with Gasteiger partial charge in [0.1, 0.15) is 0 Å². The third kappa shape index (κ3) is 7.78. The van der Waals surface area contributed by atoms with Gasteiger partial charge in [0.15, 0.2) is 0 Å². The van der Waals surface area contributed by atoms with Gasteiger partial charge in [-0.3, -0.25) is 0 Å². The summed E-state index contributed by atoms with van der Waals surface area (Å²) in [6.07, 6.45) is 0.995. The van der Waals surface area contributed by atoms with E-state index in [4.69, 9.17) is 9.84 Å². The fraction of sp³-hybridized carbons (Fsp3) is 1.00. The van der Waals surface area contributed by atoms with Gasteiger partial charge in [0.05, 0.1) is 18.8 Å². The molecule has 0 spiro atoms. The van der Waals surface area contributed by atoms with Crippen LogP contribution in [0.15, 0.2) is 0 Å². The summed E-state index contributed by atoms with van der Waals surface area (Å²) in [5, 5.41) is 17.6. The van der Waals surface area contributed by atoms with Crippen LogP contribution < -0.4 is 0 Å². The standard InChI is InChI=1S/C8H18O3/c1-7(2)11-6-8(10)4-3-5-9/h7-10H,3-6H2,1-2H3/t8-/m0/s1. The zero-order chi connectivity index (χ0) is 8.69. The number of aliphatic hydroxyl groups is 2. The summed E-state index contributed by atoms with van der Waals surface area (Å²) in [6.45, 7) is 4.37. The van der Waals surface area contributed by atoms with Crippen LogP contribution in [-0.4, -0.2) is 35.6 Å². The van der Waals surface area contributed by atoms with Gasteiger partial charge in [-0.05, 0) is 26.7 Å². The van der Waals surface area contributed by atoms with Crippen molar-refractivity contribution in [2.45, 2.75) is 38.9 Å². The average Bonchev–Trinajstić information content (AvgIpc) is 1.97. The third-order valence-electron chi connectivity index (χ3n) is 1.32. The Hall–Kier alpha value is -0.120. The molecule has 0 fully saturated rings. The first-order valence-corrected chi connectivity index (χ1v) is 4.07. The van der Waals surface area contributed by atoms with E-state index >= 15 is 0 Å². The molecular formula is C8H18O3. The monoisotopic (exact) mass is 162 g/mol. The molecule has 0 radical (unpaired) electrons. The molecule has 0 saturated heterocycles. The van der Waals surface area contributed by atoms with E-state index in [-0.39, 0.29) is 12.7 Å². The topological polar surface area (TPSA) is 49.7 Å². The molecule has 1 atom stereocenters. The largest absolute Gasteiger partial charge is 0.396 e. The minimum Gasteiger partial charge on any atom is -0.396 e. The molecule has 0 amide bonds. The molecule has 0 aliphatic heterocycles. The summed E-state index contributed by atoms with van der Waals surface area (Å²) >= 11 is 0. The van der Waals surface area contributed by atoms with Crippen molar-refractivity contribution in [3.63, 3.8) is 0 Å². The van der Waals surface area contributed by atoms with Gasteiger partial charge in [-0.2, -0.15) is 0 Å². The van der Waals surface area contributed by atoms with E-state index in [1.807, 2.05) is 13.8 Å². The molecular weight excluding hydrogens is 144 g/mol. The number of aliphatic hydroxyl groups excluding tert-OH is 2. The van der Waals surface area contributed by atoms with Crippen molar-refractivity contribution in [3.05, 3.63) is 0 Å². The Kier molecular flexibility index (Phi) is 6.51. The average molecular weight is 162 g/mol. The second-order valence-corrected chi connectivity index (χ2v) is 2.90. The highest BCUT2D eigenvalue weighted by Crippen LogP contribution is 1.98. The predicted octanol–water partition coefficient (Wildman–Crippen LogP) is 0.545. The summed E-state index contributed by atoms with van der Waals surface area (Å²) in [4.78, 5) is 0. The first-order valence-electron chi connectivity index (χ1n) is 4.07. The van der Waals surface area contributed by atoms with Crippen molar-refractivity contribution < 1.29 is 14.9 Å². The van der Waals surface area contributed by atoms with Crippen LogP contribution in [0.5, 0.6) is 0 Å². The maximum absolute atomic E-state index is 9.19. The van der Waals surface area contributed by atoms with Crippen molar-refractivity contribution in [1.29, 1.82) is 0 Å². The fourth-order valence-electron chi connectivity index (χ4n) is 0.714. The van der Waals surface area contributed by atoms with Crippen LogP contribution in [0.1, 0.15) is 26.7 Å². The van der Waals surface area contributed by atoms with Crippen LogP contribution in [-0.2, 0) is 4.74 Å². The van der Waals surface area contributed by atoms with Gasteiger partial charge >= 0.3 is 0 Å². The van der Waals surface area contributed by atoms with E-state index in [1.54, 1.807) is 0 Å². The van der Waals surface area contributed by atoms with E-state index in [0.29, 0.717) is 19.4 Å². The summed E-state index contributed by atoms with van der Waals surface area (Å²) in [5.41, 5.74) is 0. The molecule has 11 heavy (non-hydrogen) atoms. The second kappa shape index (κ2) is 6.58. The molecule has 0 aliphatic carbocycles. The number of hydrogen-bond acceptors (Lipinski definition) is 3. The van der Waals surface area contributed by atoms with Gasteiger partial charge in [-0.1, -0.05) is 0 Å². The molecule has 0 aliphatic rings. The fourth-order valence-corrected chi connectivity index (χ4v) is 0.714. The van der Waals surface area contributed by atoms with E-state index in [9.17, 15) is 5.11 Å². The van der Waals surface area contributed by atoms with Gasteiger partial charge in [-0.15, -0.1) is 0 Å². The Morgan fingerprint density at radius 2 is 2.00 bits per heavy atom. The van der Waals surface area contributed by atoms with E-state index in [0.717, 1.165) is 0 Å². The van der Waals surface area contributed by atoms with Crippen molar-refractivity contribution >= 4 is 0 Å². The van der Waals surface area contributed by atoms with Gasteiger partial charge in [0.2, 0.25) is 0 Å². The highest BCUT2D eigenvalue weighted by molar-refractivity contribution is 4.53. The van der Waals surface area contributed by atoms with E-state index in [2.05, 4.69) is 0 Å². The quantitative estimate of drug-likeness (QED) is 0.599.